The van der Waals surface area contributed by atoms with Crippen LogP contribution in [0.2, 0.25) is 0 Å². The number of aromatic amines is 1. The van der Waals surface area contributed by atoms with E-state index in [2.05, 4.69) is 189 Å². The second kappa shape index (κ2) is 12.0. The van der Waals surface area contributed by atoms with Gasteiger partial charge < -0.3 is 18.7 Å². The minimum Gasteiger partial charge on any atom is -0.343 e. The van der Waals surface area contributed by atoms with Crippen molar-refractivity contribution in [1.29, 1.82) is 0 Å². The van der Waals surface area contributed by atoms with E-state index in [-0.39, 0.29) is 0 Å². The topological polar surface area (TPSA) is 56.4 Å². The molecule has 8 aromatic carbocycles. The van der Waals surface area contributed by atoms with Gasteiger partial charge in [0.15, 0.2) is 11.6 Å². The molecular weight excluding hydrogens is 741 g/mol. The summed E-state index contributed by atoms with van der Waals surface area (Å²) in [5.41, 5.74) is 12.9. The van der Waals surface area contributed by atoms with E-state index in [0.717, 1.165) is 28.3 Å². The minimum atomic E-state index is 0.752. The minimum absolute atomic E-state index is 0.752. The van der Waals surface area contributed by atoms with E-state index in [9.17, 15) is 0 Å². The lowest BCUT2D eigenvalue weighted by Crippen LogP contribution is -1.96. The number of hydrogen-bond acceptors (Lipinski definition) is 3. The molecule has 0 saturated heterocycles. The van der Waals surface area contributed by atoms with Crippen LogP contribution in [0.3, 0.4) is 0 Å². The van der Waals surface area contributed by atoms with Gasteiger partial charge >= 0.3 is 0 Å². The van der Waals surface area contributed by atoms with Gasteiger partial charge in [-0.1, -0.05) is 140 Å². The SMILES string of the molecule is Cn1c2ccccc2c2c1c1c3ccccc3n(-c3cccc4c3sc3c(-c5ccccc5-c5nnc(-c6ccccc6)[nH]5)cccc34)c1c1c3ccccc3n(C)c21. The summed E-state index contributed by atoms with van der Waals surface area (Å²) >= 11 is 1.88. The third-order valence-corrected chi connectivity index (χ3v) is 13.8. The van der Waals surface area contributed by atoms with Gasteiger partial charge in [-0.25, -0.2) is 0 Å². The summed E-state index contributed by atoms with van der Waals surface area (Å²) in [6, 6.07) is 59.1. The predicted octanol–water partition coefficient (Wildman–Crippen LogP) is 13.6. The van der Waals surface area contributed by atoms with Gasteiger partial charge in [0, 0.05) is 89.6 Å². The van der Waals surface area contributed by atoms with Crippen LogP contribution in [-0.4, -0.2) is 28.9 Å². The van der Waals surface area contributed by atoms with E-state index in [4.69, 9.17) is 0 Å². The molecule has 0 saturated carbocycles. The Bertz CT molecular complexity index is 3840. The molecule has 0 unspecified atom stereocenters. The highest BCUT2D eigenvalue weighted by atomic mass is 32.1. The lowest BCUT2D eigenvalue weighted by Gasteiger charge is -2.12. The first-order valence-electron chi connectivity index (χ1n) is 20.0. The number of fused-ring (bicyclic) bond motifs is 15. The molecule has 0 bridgehead atoms. The monoisotopic (exact) mass is 774 g/mol. The van der Waals surface area contributed by atoms with Crippen LogP contribution in [0.1, 0.15) is 0 Å². The molecule has 0 radical (unpaired) electrons. The first-order chi connectivity index (χ1) is 29.2. The van der Waals surface area contributed by atoms with E-state index in [1.54, 1.807) is 0 Å². The highest BCUT2D eigenvalue weighted by Crippen LogP contribution is 2.50. The molecule has 6 nitrogen and oxygen atoms in total. The average molecular weight is 775 g/mol. The number of thiophene rings is 1. The highest BCUT2D eigenvalue weighted by Gasteiger charge is 2.27. The van der Waals surface area contributed by atoms with Crippen molar-refractivity contribution in [1.82, 2.24) is 28.9 Å². The second-order valence-corrected chi connectivity index (χ2v) is 16.6. The van der Waals surface area contributed by atoms with Gasteiger partial charge in [-0.05, 0) is 29.8 Å². The van der Waals surface area contributed by atoms with Gasteiger partial charge in [0.05, 0.1) is 32.5 Å². The van der Waals surface area contributed by atoms with Crippen molar-refractivity contribution in [3.05, 3.63) is 164 Å². The molecule has 5 heterocycles. The number of H-pyrrole nitrogens is 1. The van der Waals surface area contributed by atoms with Crippen molar-refractivity contribution in [2.75, 3.05) is 0 Å². The van der Waals surface area contributed by atoms with Crippen molar-refractivity contribution < 1.29 is 0 Å². The largest absolute Gasteiger partial charge is 0.343 e. The number of nitrogens with zero attached hydrogens (tertiary/aromatic N) is 5. The summed E-state index contributed by atoms with van der Waals surface area (Å²) in [6.45, 7) is 0. The van der Waals surface area contributed by atoms with Gasteiger partial charge in [0.2, 0.25) is 0 Å². The first-order valence-corrected chi connectivity index (χ1v) is 20.8. The van der Waals surface area contributed by atoms with E-state index in [0.29, 0.717) is 0 Å². The smallest absolute Gasteiger partial charge is 0.162 e. The van der Waals surface area contributed by atoms with Crippen LogP contribution >= 0.6 is 11.3 Å². The maximum Gasteiger partial charge on any atom is 0.162 e. The maximum atomic E-state index is 4.66. The van der Waals surface area contributed by atoms with Crippen molar-refractivity contribution in [3.63, 3.8) is 0 Å². The first kappa shape index (κ1) is 32.6. The lowest BCUT2D eigenvalue weighted by atomic mass is 9.97. The number of para-hydroxylation sites is 3. The molecule has 0 spiro atoms. The molecule has 0 fully saturated rings. The van der Waals surface area contributed by atoms with Crippen LogP contribution in [0.5, 0.6) is 0 Å². The molecule has 13 rings (SSSR count). The molecule has 278 valence electrons. The zero-order chi connectivity index (χ0) is 38.9. The van der Waals surface area contributed by atoms with Crippen LogP contribution in [0, 0.1) is 0 Å². The zero-order valence-electron chi connectivity index (χ0n) is 32.2. The number of nitrogens with one attached hydrogen (secondary N) is 1. The molecule has 5 aromatic heterocycles. The molecule has 1 N–H and O–H groups in total. The van der Waals surface area contributed by atoms with Crippen LogP contribution < -0.4 is 0 Å². The fourth-order valence-electron chi connectivity index (χ4n) is 10.0. The zero-order valence-corrected chi connectivity index (χ0v) is 33.0. The van der Waals surface area contributed by atoms with Crippen molar-refractivity contribution in [3.8, 4) is 39.6 Å². The van der Waals surface area contributed by atoms with Gasteiger partial charge in [0.25, 0.3) is 0 Å². The van der Waals surface area contributed by atoms with Gasteiger partial charge in [0.1, 0.15) is 0 Å². The van der Waals surface area contributed by atoms with Crippen molar-refractivity contribution >= 4 is 96.9 Å². The standard InChI is InChI=1S/C52H34N6S/c1-56-39-26-11-8-20-36(39)43-46-44(37-21-9-12-27-40(37)57(46)2)48-45(47(43)56)38-22-10-13-28-41(38)58(48)42-29-15-25-34-33-24-14-23-32(49(33)59-50(34)42)31-18-6-7-19-35(31)52-53-51(54-55-52)30-16-4-3-5-17-30/h3-29H,1-2H3,(H,53,54,55). The fourth-order valence-corrected chi connectivity index (χ4v) is 11.4. The number of rotatable bonds is 4. The van der Waals surface area contributed by atoms with Crippen molar-refractivity contribution in [2.45, 2.75) is 0 Å². The second-order valence-electron chi connectivity index (χ2n) is 15.5. The van der Waals surface area contributed by atoms with Crippen LogP contribution in [0.4, 0.5) is 0 Å². The van der Waals surface area contributed by atoms with E-state index >= 15 is 0 Å². The van der Waals surface area contributed by atoms with Gasteiger partial charge in [-0.15, -0.1) is 21.5 Å². The van der Waals surface area contributed by atoms with Crippen molar-refractivity contribution in [2.24, 2.45) is 14.1 Å². The average Bonchev–Trinajstić information content (AvgIpc) is 4.12. The molecule has 0 aliphatic carbocycles. The van der Waals surface area contributed by atoms with E-state index < -0.39 is 0 Å². The Hall–Kier alpha value is -7.48. The summed E-state index contributed by atoms with van der Waals surface area (Å²) in [4.78, 5) is 3.52. The molecular formula is C52H34N6S. The molecule has 0 aliphatic rings. The third-order valence-electron chi connectivity index (χ3n) is 12.5. The summed E-state index contributed by atoms with van der Waals surface area (Å²) in [6.07, 6.45) is 0. The summed E-state index contributed by atoms with van der Waals surface area (Å²) in [5.74, 6) is 1.51. The molecule has 13 aromatic rings. The van der Waals surface area contributed by atoms with Gasteiger partial charge in [-0.2, -0.15) is 0 Å². The summed E-state index contributed by atoms with van der Waals surface area (Å²) in [5, 5.41) is 19.4. The Labute approximate surface area is 341 Å². The molecule has 0 aliphatic heterocycles. The highest BCUT2D eigenvalue weighted by molar-refractivity contribution is 7.26. The van der Waals surface area contributed by atoms with Crippen LogP contribution in [0.15, 0.2) is 164 Å². The Morgan fingerprint density at radius 1 is 0.407 bits per heavy atom. The Kier molecular flexibility index (Phi) is 6.64. The predicted molar refractivity (Wildman–Crippen MR) is 248 cm³/mol. The molecule has 0 atom stereocenters. The third kappa shape index (κ3) is 4.34. The number of hydrogen-bond donors (Lipinski definition) is 1. The normalized spacial score (nSPS) is 12.2. The molecule has 59 heavy (non-hydrogen) atoms. The summed E-state index contributed by atoms with van der Waals surface area (Å²) in [7, 11) is 4.47. The fraction of sp³-hybridized carbons (Fsp3) is 0.0385. The summed E-state index contributed by atoms with van der Waals surface area (Å²) < 4.78 is 9.91. The van der Waals surface area contributed by atoms with E-state index in [1.165, 1.54) is 96.8 Å². The van der Waals surface area contributed by atoms with E-state index in [1.807, 2.05) is 29.5 Å². The molecule has 7 heteroatoms. The Morgan fingerprint density at radius 2 is 0.898 bits per heavy atom. The van der Waals surface area contributed by atoms with Gasteiger partial charge in [-0.3, -0.25) is 0 Å². The maximum absolute atomic E-state index is 4.66. The Morgan fingerprint density at radius 3 is 1.59 bits per heavy atom. The van der Waals surface area contributed by atoms with Crippen LogP contribution in [0.25, 0.3) is 125 Å². The lowest BCUT2D eigenvalue weighted by molar-refractivity contribution is 1.01. The number of aryl methyl sites for hydroxylation is 2. The molecule has 0 amide bonds. The quantitative estimate of drug-likeness (QED) is 0.194. The Balaban J connectivity index is 1.14. The van der Waals surface area contributed by atoms with Crippen LogP contribution in [-0.2, 0) is 14.1 Å². The number of aromatic nitrogens is 6. The number of benzene rings is 8.